The molecule has 1 aromatic carbocycles. The van der Waals surface area contributed by atoms with Crippen LogP contribution in [-0.4, -0.2) is 32.1 Å². The lowest BCUT2D eigenvalue weighted by atomic mass is 10.1. The summed E-state index contributed by atoms with van der Waals surface area (Å²) in [6.07, 6.45) is 3.82. The maximum atomic E-state index is 4.65. The second kappa shape index (κ2) is 10.3. The predicted molar refractivity (Wildman–Crippen MR) is 123 cm³/mol. The number of aromatic nitrogens is 4. The second-order valence-corrected chi connectivity index (χ2v) is 6.54. The minimum atomic E-state index is 0. The molecule has 8 heteroatoms. The third kappa shape index (κ3) is 5.57. The number of nitrogens with zero attached hydrogens (tertiary/aromatic N) is 5. The summed E-state index contributed by atoms with van der Waals surface area (Å²) in [6, 6.07) is 10.4. The van der Waals surface area contributed by atoms with Crippen LogP contribution in [0.1, 0.15) is 29.4 Å². The van der Waals surface area contributed by atoms with Crippen LogP contribution < -0.4 is 10.6 Å². The summed E-state index contributed by atoms with van der Waals surface area (Å²) in [5, 5.41) is 15.5. The van der Waals surface area contributed by atoms with Gasteiger partial charge in [0.2, 0.25) is 0 Å². The van der Waals surface area contributed by atoms with Gasteiger partial charge >= 0.3 is 0 Å². The SMILES string of the molecule is CCNC(=NCc1cnn(C)c1)NCc1ccccc1-n1nc(C)cc1C.I. The van der Waals surface area contributed by atoms with Gasteiger partial charge in [0.1, 0.15) is 0 Å². The Morgan fingerprint density at radius 1 is 1.18 bits per heavy atom. The van der Waals surface area contributed by atoms with E-state index in [1.54, 1.807) is 4.68 Å². The Hall–Kier alpha value is -2.36. The molecule has 0 atom stereocenters. The van der Waals surface area contributed by atoms with E-state index in [1.165, 1.54) is 0 Å². The van der Waals surface area contributed by atoms with E-state index in [9.17, 15) is 0 Å². The smallest absolute Gasteiger partial charge is 0.191 e. The van der Waals surface area contributed by atoms with Gasteiger partial charge in [0.15, 0.2) is 5.96 Å². The average Bonchev–Trinajstić information content (AvgIpc) is 3.22. The Labute approximate surface area is 183 Å². The number of benzene rings is 1. The Bertz CT molecular complexity index is 926. The molecule has 0 radical (unpaired) electrons. The van der Waals surface area contributed by atoms with Crippen molar-refractivity contribution in [2.24, 2.45) is 12.0 Å². The number of aliphatic imine (C=N–C) groups is 1. The molecule has 2 N–H and O–H groups in total. The molecule has 0 unspecified atom stereocenters. The van der Waals surface area contributed by atoms with Crippen molar-refractivity contribution in [3.05, 3.63) is 65.2 Å². The van der Waals surface area contributed by atoms with Crippen molar-refractivity contribution >= 4 is 29.9 Å². The van der Waals surface area contributed by atoms with Crippen LogP contribution in [0.3, 0.4) is 0 Å². The fourth-order valence-electron chi connectivity index (χ4n) is 2.98. The highest BCUT2D eigenvalue weighted by Gasteiger charge is 2.09. The van der Waals surface area contributed by atoms with Crippen molar-refractivity contribution in [2.45, 2.75) is 33.9 Å². The zero-order valence-corrected chi connectivity index (χ0v) is 19.1. The third-order valence-corrected chi connectivity index (χ3v) is 4.20. The normalized spacial score (nSPS) is 11.2. The topological polar surface area (TPSA) is 72.1 Å². The minimum absolute atomic E-state index is 0. The van der Waals surface area contributed by atoms with Gasteiger partial charge in [0.25, 0.3) is 0 Å². The number of nitrogens with one attached hydrogen (secondary N) is 2. The summed E-state index contributed by atoms with van der Waals surface area (Å²) in [5.74, 6) is 0.782. The first kappa shape index (κ1) is 21.9. The van der Waals surface area contributed by atoms with E-state index in [2.05, 4.69) is 57.9 Å². The van der Waals surface area contributed by atoms with Crippen LogP contribution in [0.15, 0.2) is 47.7 Å². The van der Waals surface area contributed by atoms with Crippen LogP contribution in [0.4, 0.5) is 0 Å². The molecule has 0 aliphatic heterocycles. The van der Waals surface area contributed by atoms with Gasteiger partial charge in [-0.25, -0.2) is 9.67 Å². The molecule has 150 valence electrons. The van der Waals surface area contributed by atoms with Crippen molar-refractivity contribution in [1.29, 1.82) is 0 Å². The number of halogens is 1. The molecule has 2 aromatic heterocycles. The molecule has 28 heavy (non-hydrogen) atoms. The molecule has 0 spiro atoms. The lowest BCUT2D eigenvalue weighted by Gasteiger charge is -2.14. The van der Waals surface area contributed by atoms with Crippen molar-refractivity contribution < 1.29 is 0 Å². The summed E-state index contributed by atoms with van der Waals surface area (Å²) in [6.45, 7) is 8.20. The minimum Gasteiger partial charge on any atom is -0.357 e. The van der Waals surface area contributed by atoms with Gasteiger partial charge in [0.05, 0.1) is 24.1 Å². The number of hydrogen-bond donors (Lipinski definition) is 2. The van der Waals surface area contributed by atoms with E-state index in [4.69, 9.17) is 0 Å². The molecule has 0 saturated carbocycles. The Kier molecular flexibility index (Phi) is 8.04. The van der Waals surface area contributed by atoms with Gasteiger partial charge in [-0.05, 0) is 38.5 Å². The Morgan fingerprint density at radius 2 is 1.96 bits per heavy atom. The monoisotopic (exact) mass is 493 g/mol. The van der Waals surface area contributed by atoms with Gasteiger partial charge in [-0.2, -0.15) is 10.2 Å². The van der Waals surface area contributed by atoms with Gasteiger partial charge in [-0.1, -0.05) is 18.2 Å². The average molecular weight is 493 g/mol. The molecule has 0 aliphatic rings. The molecule has 3 rings (SSSR count). The molecule has 3 aromatic rings. The quantitative estimate of drug-likeness (QED) is 0.315. The van der Waals surface area contributed by atoms with Crippen molar-refractivity contribution in [3.63, 3.8) is 0 Å². The van der Waals surface area contributed by atoms with Gasteiger partial charge in [-0.3, -0.25) is 4.68 Å². The maximum Gasteiger partial charge on any atom is 0.191 e. The second-order valence-electron chi connectivity index (χ2n) is 6.54. The highest BCUT2D eigenvalue weighted by molar-refractivity contribution is 14.0. The molecule has 0 amide bonds. The van der Waals surface area contributed by atoms with Crippen LogP contribution >= 0.6 is 24.0 Å². The molecule has 0 saturated heterocycles. The number of hydrogen-bond acceptors (Lipinski definition) is 3. The molecule has 0 fully saturated rings. The van der Waals surface area contributed by atoms with E-state index in [-0.39, 0.29) is 24.0 Å². The summed E-state index contributed by atoms with van der Waals surface area (Å²) in [7, 11) is 1.91. The number of aryl methyl sites for hydroxylation is 3. The molecule has 0 aliphatic carbocycles. The summed E-state index contributed by atoms with van der Waals surface area (Å²) < 4.78 is 3.78. The zero-order valence-electron chi connectivity index (χ0n) is 16.8. The largest absolute Gasteiger partial charge is 0.357 e. The first-order valence-corrected chi connectivity index (χ1v) is 9.18. The lowest BCUT2D eigenvalue weighted by molar-refractivity contribution is 0.766. The van der Waals surface area contributed by atoms with Crippen LogP contribution in [0.25, 0.3) is 5.69 Å². The van der Waals surface area contributed by atoms with Crippen molar-refractivity contribution in [3.8, 4) is 5.69 Å². The first-order valence-electron chi connectivity index (χ1n) is 9.18. The van der Waals surface area contributed by atoms with Crippen LogP contribution in [0.5, 0.6) is 0 Å². The van der Waals surface area contributed by atoms with Gasteiger partial charge in [-0.15, -0.1) is 24.0 Å². The third-order valence-electron chi connectivity index (χ3n) is 4.20. The Balaban J connectivity index is 0.00000280. The number of para-hydroxylation sites is 1. The van der Waals surface area contributed by atoms with E-state index in [0.29, 0.717) is 13.1 Å². The highest BCUT2D eigenvalue weighted by atomic mass is 127. The Morgan fingerprint density at radius 3 is 2.61 bits per heavy atom. The van der Waals surface area contributed by atoms with Crippen molar-refractivity contribution in [1.82, 2.24) is 30.2 Å². The molecule has 0 bridgehead atoms. The van der Waals surface area contributed by atoms with E-state index in [1.807, 2.05) is 43.2 Å². The highest BCUT2D eigenvalue weighted by Crippen LogP contribution is 2.16. The van der Waals surface area contributed by atoms with E-state index >= 15 is 0 Å². The molecular formula is C20H28IN7. The van der Waals surface area contributed by atoms with Gasteiger partial charge in [0, 0.05) is 37.6 Å². The number of guanidine groups is 1. The lowest BCUT2D eigenvalue weighted by Crippen LogP contribution is -2.37. The summed E-state index contributed by atoms with van der Waals surface area (Å²) in [4.78, 5) is 4.65. The molecular weight excluding hydrogens is 465 g/mol. The van der Waals surface area contributed by atoms with Crippen LogP contribution in [-0.2, 0) is 20.1 Å². The van der Waals surface area contributed by atoms with E-state index in [0.717, 1.165) is 40.7 Å². The molecule has 7 nitrogen and oxygen atoms in total. The number of rotatable bonds is 6. The zero-order chi connectivity index (χ0) is 19.2. The summed E-state index contributed by atoms with van der Waals surface area (Å²) in [5.41, 5.74) is 5.46. The maximum absolute atomic E-state index is 4.65. The first-order chi connectivity index (χ1) is 13.1. The van der Waals surface area contributed by atoms with E-state index < -0.39 is 0 Å². The van der Waals surface area contributed by atoms with Crippen LogP contribution in [0, 0.1) is 13.8 Å². The fourth-order valence-corrected chi connectivity index (χ4v) is 2.98. The molecule has 2 heterocycles. The fraction of sp³-hybridized carbons (Fsp3) is 0.350. The van der Waals surface area contributed by atoms with Gasteiger partial charge < -0.3 is 10.6 Å². The van der Waals surface area contributed by atoms with Crippen LogP contribution in [0.2, 0.25) is 0 Å². The summed E-state index contributed by atoms with van der Waals surface area (Å²) >= 11 is 0. The standard InChI is InChI=1S/C20H27N7.HI/c1-5-21-20(22-11-17-12-24-26(4)14-17)23-13-18-8-6-7-9-19(18)27-16(3)10-15(2)25-27;/h6-10,12,14H,5,11,13H2,1-4H3,(H2,21,22,23);1H. The predicted octanol–water partition coefficient (Wildman–Crippen LogP) is 3.10. The van der Waals surface area contributed by atoms with Crippen molar-refractivity contribution in [2.75, 3.05) is 6.54 Å².